The molecule has 76 valence electrons. The summed E-state index contributed by atoms with van der Waals surface area (Å²) >= 11 is 0. The Morgan fingerprint density at radius 1 is 1.12 bits per heavy atom. The maximum Gasteiger partial charge on any atom is 0.135 e. The molecule has 0 fully saturated rings. The molecule has 16 heavy (non-hydrogen) atoms. The largest absolute Gasteiger partial charge is 0.456 e. The summed E-state index contributed by atoms with van der Waals surface area (Å²) in [5.41, 5.74) is 3.55. The molecule has 0 amide bonds. The van der Waals surface area contributed by atoms with Crippen LogP contribution < -0.4 is 0 Å². The number of furan rings is 1. The van der Waals surface area contributed by atoms with E-state index in [2.05, 4.69) is 19.1 Å². The lowest BCUT2D eigenvalue weighted by atomic mass is 10.1. The second kappa shape index (κ2) is 3.11. The van der Waals surface area contributed by atoms with Gasteiger partial charge in [0.1, 0.15) is 11.2 Å². The fraction of sp³-hybridized carbons (Fsp3) is 0.0714. The number of hydrogen-bond acceptors (Lipinski definition) is 2. The van der Waals surface area contributed by atoms with Crippen molar-refractivity contribution in [3.63, 3.8) is 0 Å². The highest BCUT2D eigenvalue weighted by molar-refractivity contribution is 6.06. The number of nitrogens with zero attached hydrogens (tertiary/aromatic N) is 1. The molecule has 0 saturated heterocycles. The van der Waals surface area contributed by atoms with Crippen molar-refractivity contribution in [3.8, 4) is 6.07 Å². The zero-order valence-corrected chi connectivity index (χ0v) is 8.82. The Morgan fingerprint density at radius 2 is 2.00 bits per heavy atom. The molecule has 2 heteroatoms. The van der Waals surface area contributed by atoms with Gasteiger partial charge < -0.3 is 4.42 Å². The van der Waals surface area contributed by atoms with Crippen LogP contribution in [-0.4, -0.2) is 0 Å². The molecule has 2 nitrogen and oxygen atoms in total. The number of fused-ring (bicyclic) bond motifs is 3. The van der Waals surface area contributed by atoms with Gasteiger partial charge in [0.2, 0.25) is 0 Å². The number of aryl methyl sites for hydroxylation is 1. The average molecular weight is 207 g/mol. The minimum atomic E-state index is 0.665. The van der Waals surface area contributed by atoms with E-state index in [0.29, 0.717) is 5.56 Å². The highest BCUT2D eigenvalue weighted by Gasteiger charge is 2.08. The number of rotatable bonds is 0. The molecule has 0 radical (unpaired) electrons. The summed E-state index contributed by atoms with van der Waals surface area (Å²) in [5.74, 6) is 0. The molecule has 0 aliphatic rings. The van der Waals surface area contributed by atoms with Crippen LogP contribution in [0.25, 0.3) is 21.9 Å². The highest BCUT2D eigenvalue weighted by Crippen LogP contribution is 2.31. The van der Waals surface area contributed by atoms with E-state index in [-0.39, 0.29) is 0 Å². The number of hydrogen-bond donors (Lipinski definition) is 0. The summed E-state index contributed by atoms with van der Waals surface area (Å²) < 4.78 is 5.72. The van der Waals surface area contributed by atoms with Gasteiger partial charge in [0, 0.05) is 10.8 Å². The molecule has 2 aromatic carbocycles. The van der Waals surface area contributed by atoms with E-state index in [1.54, 1.807) is 6.07 Å². The van der Waals surface area contributed by atoms with Crippen molar-refractivity contribution in [3.05, 3.63) is 47.5 Å². The van der Waals surface area contributed by atoms with Crippen molar-refractivity contribution in [1.82, 2.24) is 0 Å². The average Bonchev–Trinajstić information content (AvgIpc) is 2.67. The molecule has 0 saturated carbocycles. The van der Waals surface area contributed by atoms with Crippen molar-refractivity contribution in [1.29, 1.82) is 5.26 Å². The van der Waals surface area contributed by atoms with Crippen LogP contribution in [-0.2, 0) is 0 Å². The van der Waals surface area contributed by atoms with E-state index >= 15 is 0 Å². The fourth-order valence-corrected chi connectivity index (χ4v) is 2.07. The van der Waals surface area contributed by atoms with E-state index in [1.807, 2.05) is 24.3 Å². The van der Waals surface area contributed by atoms with Gasteiger partial charge in [0.15, 0.2) is 0 Å². The first-order valence-electron chi connectivity index (χ1n) is 5.11. The topological polar surface area (TPSA) is 36.9 Å². The number of benzene rings is 2. The lowest BCUT2D eigenvalue weighted by molar-refractivity contribution is 0.669. The van der Waals surface area contributed by atoms with Gasteiger partial charge in [-0.1, -0.05) is 12.1 Å². The third-order valence-corrected chi connectivity index (χ3v) is 2.83. The lowest BCUT2D eigenvalue weighted by Crippen LogP contribution is -1.75. The molecule has 1 heterocycles. The zero-order valence-electron chi connectivity index (χ0n) is 8.82. The molecule has 3 rings (SSSR count). The van der Waals surface area contributed by atoms with Crippen molar-refractivity contribution >= 4 is 21.9 Å². The fourth-order valence-electron chi connectivity index (χ4n) is 2.07. The Balaban J connectivity index is 2.56. The van der Waals surface area contributed by atoms with Gasteiger partial charge in [0.05, 0.1) is 11.6 Å². The van der Waals surface area contributed by atoms with Crippen LogP contribution in [0.4, 0.5) is 0 Å². The molecule has 0 unspecified atom stereocenters. The predicted octanol–water partition coefficient (Wildman–Crippen LogP) is 3.77. The summed E-state index contributed by atoms with van der Waals surface area (Å²) in [4.78, 5) is 0. The minimum Gasteiger partial charge on any atom is -0.456 e. The van der Waals surface area contributed by atoms with Gasteiger partial charge >= 0.3 is 0 Å². The van der Waals surface area contributed by atoms with Gasteiger partial charge in [-0.15, -0.1) is 0 Å². The molecule has 0 N–H and O–H groups in total. The van der Waals surface area contributed by atoms with Crippen LogP contribution in [0.15, 0.2) is 40.8 Å². The lowest BCUT2D eigenvalue weighted by Gasteiger charge is -1.94. The third kappa shape index (κ3) is 1.12. The van der Waals surface area contributed by atoms with E-state index in [1.165, 1.54) is 5.56 Å². The first kappa shape index (κ1) is 8.99. The summed E-state index contributed by atoms with van der Waals surface area (Å²) in [6, 6.07) is 13.6. The van der Waals surface area contributed by atoms with Crippen LogP contribution in [0.1, 0.15) is 11.1 Å². The zero-order chi connectivity index (χ0) is 11.1. The maximum absolute atomic E-state index is 8.90. The smallest absolute Gasteiger partial charge is 0.135 e. The van der Waals surface area contributed by atoms with Crippen molar-refractivity contribution in [2.75, 3.05) is 0 Å². The quantitative estimate of drug-likeness (QED) is 0.562. The molecule has 0 atom stereocenters. The SMILES string of the molecule is Cc1cccc2oc3ccc(C#N)cc3c12. The summed E-state index contributed by atoms with van der Waals surface area (Å²) in [7, 11) is 0. The molecule has 0 bridgehead atoms. The minimum absolute atomic E-state index is 0.665. The van der Waals surface area contributed by atoms with Crippen LogP contribution in [0.5, 0.6) is 0 Å². The predicted molar refractivity (Wildman–Crippen MR) is 63.2 cm³/mol. The number of nitriles is 1. The van der Waals surface area contributed by atoms with Crippen LogP contribution in [0.2, 0.25) is 0 Å². The second-order valence-electron chi connectivity index (χ2n) is 3.87. The van der Waals surface area contributed by atoms with Gasteiger partial charge in [-0.05, 0) is 36.8 Å². The molecule has 3 aromatic rings. The normalized spacial score (nSPS) is 10.8. The van der Waals surface area contributed by atoms with E-state index in [4.69, 9.17) is 9.68 Å². The van der Waals surface area contributed by atoms with Crippen molar-refractivity contribution in [2.45, 2.75) is 6.92 Å². The Hall–Kier alpha value is -2.27. The van der Waals surface area contributed by atoms with Crippen molar-refractivity contribution < 1.29 is 4.42 Å². The summed E-state index contributed by atoms with van der Waals surface area (Å²) in [6.07, 6.45) is 0. The van der Waals surface area contributed by atoms with E-state index in [0.717, 1.165) is 21.9 Å². The Morgan fingerprint density at radius 3 is 2.81 bits per heavy atom. The molecule has 1 aromatic heterocycles. The molecule has 0 aliphatic carbocycles. The molecular formula is C14H9NO. The van der Waals surface area contributed by atoms with E-state index in [9.17, 15) is 0 Å². The Labute approximate surface area is 92.7 Å². The highest BCUT2D eigenvalue weighted by atomic mass is 16.3. The molecule has 0 aliphatic heterocycles. The van der Waals surface area contributed by atoms with Gasteiger partial charge in [-0.25, -0.2) is 0 Å². The molecule has 0 spiro atoms. The van der Waals surface area contributed by atoms with Gasteiger partial charge in [-0.2, -0.15) is 5.26 Å². The first-order valence-corrected chi connectivity index (χ1v) is 5.11. The van der Waals surface area contributed by atoms with Gasteiger partial charge in [0.25, 0.3) is 0 Å². The second-order valence-corrected chi connectivity index (χ2v) is 3.87. The van der Waals surface area contributed by atoms with Crippen molar-refractivity contribution in [2.24, 2.45) is 0 Å². The van der Waals surface area contributed by atoms with E-state index < -0.39 is 0 Å². The Kier molecular flexibility index (Phi) is 1.75. The maximum atomic E-state index is 8.90. The van der Waals surface area contributed by atoms with Gasteiger partial charge in [-0.3, -0.25) is 0 Å². The Bertz CT molecular complexity index is 731. The summed E-state index contributed by atoms with van der Waals surface area (Å²) in [5, 5.41) is 11.0. The summed E-state index contributed by atoms with van der Waals surface area (Å²) in [6.45, 7) is 2.05. The van der Waals surface area contributed by atoms with Crippen LogP contribution in [0.3, 0.4) is 0 Å². The first-order chi connectivity index (χ1) is 7.79. The van der Waals surface area contributed by atoms with Crippen LogP contribution in [0, 0.1) is 18.3 Å². The molecular weight excluding hydrogens is 198 g/mol. The standard InChI is InChI=1S/C14H9NO/c1-9-3-2-4-13-14(9)11-7-10(8-15)5-6-12(11)16-13/h2-7H,1H3. The monoisotopic (exact) mass is 207 g/mol. The van der Waals surface area contributed by atoms with Crippen LogP contribution >= 0.6 is 0 Å². The third-order valence-electron chi connectivity index (χ3n) is 2.83.